The zero-order valence-corrected chi connectivity index (χ0v) is 21.3. The fourth-order valence-electron chi connectivity index (χ4n) is 4.41. The molecule has 1 N–H and O–H groups in total. The number of anilines is 1. The van der Waals surface area contributed by atoms with Crippen LogP contribution in [0, 0.1) is 0 Å². The van der Waals surface area contributed by atoms with E-state index in [0.29, 0.717) is 32.2 Å². The number of hydrogen-bond donors (Lipinski definition) is 1. The third-order valence-electron chi connectivity index (χ3n) is 6.31. The van der Waals surface area contributed by atoms with E-state index in [2.05, 4.69) is 31.3 Å². The maximum absolute atomic E-state index is 13.7. The van der Waals surface area contributed by atoms with Crippen molar-refractivity contribution in [2.24, 2.45) is 4.99 Å². The fraction of sp³-hybridized carbons (Fsp3) is 0.167. The largest absolute Gasteiger partial charge is 0.322 e. The molecule has 5 rings (SSSR count). The summed E-state index contributed by atoms with van der Waals surface area (Å²) >= 11 is 1.35. The van der Waals surface area contributed by atoms with Gasteiger partial charge in [-0.2, -0.15) is 0 Å². The van der Waals surface area contributed by atoms with Crippen molar-refractivity contribution in [2.45, 2.75) is 32.7 Å². The van der Waals surface area contributed by atoms with Gasteiger partial charge in [0.25, 0.3) is 11.5 Å². The summed E-state index contributed by atoms with van der Waals surface area (Å²) in [6.07, 6.45) is 1.90. The highest BCUT2D eigenvalue weighted by molar-refractivity contribution is 7.07. The van der Waals surface area contributed by atoms with Crippen LogP contribution in [0.2, 0.25) is 0 Å². The summed E-state index contributed by atoms with van der Waals surface area (Å²) in [7, 11) is 0. The zero-order valence-electron chi connectivity index (χ0n) is 20.4. The van der Waals surface area contributed by atoms with Crippen molar-refractivity contribution >= 4 is 29.0 Å². The Bertz CT molecular complexity index is 1610. The fourth-order valence-corrected chi connectivity index (χ4v) is 5.46. The number of benzene rings is 3. The molecule has 3 aromatic carbocycles. The third-order valence-corrected chi connectivity index (χ3v) is 7.30. The number of para-hydroxylation sites is 1. The number of carbonyl (C=O) groups is 1. The summed E-state index contributed by atoms with van der Waals surface area (Å²) < 4.78 is 2.24. The van der Waals surface area contributed by atoms with E-state index in [1.165, 1.54) is 16.9 Å². The summed E-state index contributed by atoms with van der Waals surface area (Å²) in [5.41, 5.74) is 4.67. The molecule has 6 heteroatoms. The number of fused-ring (bicyclic) bond motifs is 1. The van der Waals surface area contributed by atoms with Gasteiger partial charge in [0.05, 0.1) is 21.8 Å². The van der Waals surface area contributed by atoms with Gasteiger partial charge < -0.3 is 5.32 Å². The van der Waals surface area contributed by atoms with Crippen molar-refractivity contribution in [1.29, 1.82) is 0 Å². The normalized spacial score (nSPS) is 15.6. The molecule has 1 aromatic heterocycles. The SMILES string of the molecule is CC1=C(C(=O)Nc2ccccc2)[C@@H](c2ccccc2)n2c(sc(=Cc3ccc(C(C)C)cc3)c2=O)=N1. The summed E-state index contributed by atoms with van der Waals surface area (Å²) in [6.45, 7) is 6.15. The Morgan fingerprint density at radius 1 is 0.972 bits per heavy atom. The minimum Gasteiger partial charge on any atom is -0.322 e. The van der Waals surface area contributed by atoms with Crippen molar-refractivity contribution < 1.29 is 4.79 Å². The number of thiazole rings is 1. The van der Waals surface area contributed by atoms with Crippen LogP contribution in [0.25, 0.3) is 6.08 Å². The predicted molar refractivity (Wildman–Crippen MR) is 146 cm³/mol. The topological polar surface area (TPSA) is 63.5 Å². The van der Waals surface area contributed by atoms with Crippen LogP contribution in [-0.4, -0.2) is 10.5 Å². The van der Waals surface area contributed by atoms with Crippen LogP contribution in [0.15, 0.2) is 106 Å². The number of carbonyl (C=O) groups excluding carboxylic acids is 1. The van der Waals surface area contributed by atoms with Crippen LogP contribution in [-0.2, 0) is 4.79 Å². The monoisotopic (exact) mass is 493 g/mol. The number of nitrogens with one attached hydrogen (secondary N) is 1. The molecule has 0 aliphatic carbocycles. The molecule has 1 aliphatic rings. The number of amides is 1. The number of rotatable bonds is 5. The molecule has 0 saturated heterocycles. The average Bonchev–Trinajstić information content (AvgIpc) is 3.18. The molecule has 4 aromatic rings. The number of allylic oxidation sites excluding steroid dienone is 1. The first-order chi connectivity index (χ1) is 17.4. The molecule has 0 unspecified atom stereocenters. The second-order valence-electron chi connectivity index (χ2n) is 9.13. The molecule has 5 nitrogen and oxygen atoms in total. The minimum atomic E-state index is -0.573. The molecule has 2 heterocycles. The molecule has 0 radical (unpaired) electrons. The highest BCUT2D eigenvalue weighted by Crippen LogP contribution is 2.30. The summed E-state index contributed by atoms with van der Waals surface area (Å²) in [6, 6.07) is 26.7. The number of hydrogen-bond acceptors (Lipinski definition) is 4. The van der Waals surface area contributed by atoms with Crippen molar-refractivity contribution in [3.63, 3.8) is 0 Å². The van der Waals surface area contributed by atoms with Crippen molar-refractivity contribution in [3.8, 4) is 0 Å². The van der Waals surface area contributed by atoms with Crippen LogP contribution in [0.5, 0.6) is 0 Å². The van der Waals surface area contributed by atoms with Crippen molar-refractivity contribution in [3.05, 3.63) is 133 Å². The van der Waals surface area contributed by atoms with Gasteiger partial charge in [-0.3, -0.25) is 14.2 Å². The van der Waals surface area contributed by atoms with E-state index >= 15 is 0 Å². The Labute approximate surface area is 213 Å². The lowest BCUT2D eigenvalue weighted by Crippen LogP contribution is -2.40. The van der Waals surface area contributed by atoms with Gasteiger partial charge in [0.2, 0.25) is 0 Å². The number of nitrogens with zero attached hydrogens (tertiary/aromatic N) is 2. The minimum absolute atomic E-state index is 0.155. The highest BCUT2D eigenvalue weighted by atomic mass is 32.1. The average molecular weight is 494 g/mol. The van der Waals surface area contributed by atoms with E-state index in [-0.39, 0.29) is 11.5 Å². The molecule has 0 saturated carbocycles. The van der Waals surface area contributed by atoms with Gasteiger partial charge in [0.1, 0.15) is 0 Å². The van der Waals surface area contributed by atoms with E-state index in [1.807, 2.05) is 85.8 Å². The van der Waals surface area contributed by atoms with Crippen LogP contribution in [0.3, 0.4) is 0 Å². The van der Waals surface area contributed by atoms with E-state index in [4.69, 9.17) is 4.99 Å². The van der Waals surface area contributed by atoms with Gasteiger partial charge in [-0.05, 0) is 47.7 Å². The first kappa shape index (κ1) is 23.7. The van der Waals surface area contributed by atoms with Gasteiger partial charge in [0, 0.05) is 5.69 Å². The lowest BCUT2D eigenvalue weighted by molar-refractivity contribution is -0.113. The van der Waals surface area contributed by atoms with Gasteiger partial charge in [0.15, 0.2) is 4.80 Å². The standard InChI is InChI=1S/C30H27N3O2S/c1-19(2)22-16-14-21(15-17-22)18-25-29(35)33-27(23-10-6-4-7-11-23)26(20(3)31-30(33)36-25)28(34)32-24-12-8-5-9-13-24/h4-19,27H,1-3H3,(H,32,34)/t27-/m1/s1. The molecule has 36 heavy (non-hydrogen) atoms. The Kier molecular flexibility index (Phi) is 6.53. The molecule has 1 aliphatic heterocycles. The second-order valence-corrected chi connectivity index (χ2v) is 10.1. The van der Waals surface area contributed by atoms with Crippen LogP contribution >= 0.6 is 11.3 Å². The molecule has 0 fully saturated rings. The molecular weight excluding hydrogens is 466 g/mol. The summed E-state index contributed by atoms with van der Waals surface area (Å²) in [5, 5.41) is 2.98. The second kappa shape index (κ2) is 9.91. The Hall–Kier alpha value is -4.03. The smallest absolute Gasteiger partial charge is 0.271 e. The first-order valence-corrected chi connectivity index (χ1v) is 12.8. The quantitative estimate of drug-likeness (QED) is 0.425. The van der Waals surface area contributed by atoms with E-state index in [0.717, 1.165) is 11.1 Å². The Morgan fingerprint density at radius 3 is 2.25 bits per heavy atom. The molecule has 1 atom stereocenters. The van der Waals surface area contributed by atoms with Crippen LogP contribution in [0.1, 0.15) is 49.4 Å². The number of aromatic nitrogens is 1. The summed E-state index contributed by atoms with van der Waals surface area (Å²) in [4.78, 5) is 32.6. The maximum Gasteiger partial charge on any atom is 0.271 e. The molecule has 0 spiro atoms. The van der Waals surface area contributed by atoms with Crippen molar-refractivity contribution in [2.75, 3.05) is 5.32 Å². The molecule has 0 bridgehead atoms. The Balaban J connectivity index is 1.63. The first-order valence-electron chi connectivity index (χ1n) is 12.0. The van der Waals surface area contributed by atoms with E-state index in [9.17, 15) is 9.59 Å². The zero-order chi connectivity index (χ0) is 25.2. The summed E-state index contributed by atoms with van der Waals surface area (Å²) in [5.74, 6) is 0.175. The van der Waals surface area contributed by atoms with Gasteiger partial charge in [-0.15, -0.1) is 0 Å². The molecule has 1 amide bonds. The third kappa shape index (κ3) is 4.60. The van der Waals surface area contributed by atoms with E-state index < -0.39 is 6.04 Å². The molecular formula is C30H27N3O2S. The lowest BCUT2D eigenvalue weighted by atomic mass is 9.95. The van der Waals surface area contributed by atoms with Gasteiger partial charge in [-0.1, -0.05) is 98.0 Å². The Morgan fingerprint density at radius 2 is 1.61 bits per heavy atom. The molecule has 180 valence electrons. The highest BCUT2D eigenvalue weighted by Gasteiger charge is 2.32. The maximum atomic E-state index is 13.7. The van der Waals surface area contributed by atoms with Gasteiger partial charge >= 0.3 is 0 Å². The van der Waals surface area contributed by atoms with Crippen molar-refractivity contribution in [1.82, 2.24) is 4.57 Å². The van der Waals surface area contributed by atoms with Crippen LogP contribution in [0.4, 0.5) is 5.69 Å². The van der Waals surface area contributed by atoms with Gasteiger partial charge in [-0.25, -0.2) is 4.99 Å². The predicted octanol–water partition coefficient (Wildman–Crippen LogP) is 5.00. The van der Waals surface area contributed by atoms with Crippen LogP contribution < -0.4 is 20.2 Å². The van der Waals surface area contributed by atoms with E-state index in [1.54, 1.807) is 4.57 Å². The lowest BCUT2D eigenvalue weighted by Gasteiger charge is -2.25.